The van der Waals surface area contributed by atoms with E-state index in [1.165, 1.54) is 11.8 Å². The van der Waals surface area contributed by atoms with Gasteiger partial charge in [-0.25, -0.2) is 4.79 Å². The van der Waals surface area contributed by atoms with E-state index in [1.54, 1.807) is 29.1 Å². The summed E-state index contributed by atoms with van der Waals surface area (Å²) < 4.78 is 1.71. The first-order chi connectivity index (χ1) is 8.58. The summed E-state index contributed by atoms with van der Waals surface area (Å²) in [5, 5.41) is 13.2. The first kappa shape index (κ1) is 12.5. The van der Waals surface area contributed by atoms with Gasteiger partial charge in [0.05, 0.1) is 11.8 Å². The topological polar surface area (TPSA) is 81.1 Å². The Hall–Kier alpha value is -1.95. The molecule has 1 aromatic heterocycles. The second-order valence-corrected chi connectivity index (χ2v) is 4.87. The molecule has 0 saturated carbocycles. The minimum absolute atomic E-state index is 0.189. The van der Waals surface area contributed by atoms with Crippen LogP contribution in [0.5, 0.6) is 0 Å². The molecule has 0 amide bonds. The number of aryl methyl sites for hydroxylation is 1. The van der Waals surface area contributed by atoms with E-state index < -0.39 is 5.97 Å². The average molecular weight is 263 g/mol. The molecule has 5 nitrogen and oxygen atoms in total. The number of benzene rings is 1. The third-order valence-corrected chi connectivity index (χ3v) is 3.47. The van der Waals surface area contributed by atoms with E-state index in [4.69, 9.17) is 10.8 Å². The molecule has 0 unspecified atom stereocenters. The van der Waals surface area contributed by atoms with Crippen molar-refractivity contribution in [2.75, 3.05) is 5.73 Å². The fraction of sp³-hybridized carbons (Fsp3) is 0.167. The lowest BCUT2D eigenvalue weighted by molar-refractivity contribution is 0.0697. The van der Waals surface area contributed by atoms with Gasteiger partial charge in [0.25, 0.3) is 0 Å². The van der Waals surface area contributed by atoms with E-state index in [-0.39, 0.29) is 5.56 Å². The van der Waals surface area contributed by atoms with Crippen molar-refractivity contribution in [1.82, 2.24) is 9.78 Å². The minimum Gasteiger partial charge on any atom is -0.478 e. The number of nitrogen functional groups attached to an aromatic ring is 1. The van der Waals surface area contributed by atoms with Crippen LogP contribution in [0.1, 0.15) is 15.9 Å². The highest BCUT2D eigenvalue weighted by Gasteiger charge is 2.13. The summed E-state index contributed by atoms with van der Waals surface area (Å²) in [5.41, 5.74) is 6.89. The number of carbonyl (C=O) groups is 1. The third-order valence-electron chi connectivity index (χ3n) is 2.47. The standard InChI is InChI=1S/C12H13N3O2S/c1-15-6-9(5-14-15)18-7-8-3-2-4-10(13)11(8)12(16)17/h2-6H,7,13H2,1H3,(H,16,17). The number of rotatable bonds is 4. The second-order valence-electron chi connectivity index (χ2n) is 3.82. The molecule has 2 aromatic rings. The number of carboxylic acids is 1. The van der Waals surface area contributed by atoms with Gasteiger partial charge in [-0.2, -0.15) is 5.10 Å². The van der Waals surface area contributed by atoms with Crippen LogP contribution in [-0.4, -0.2) is 20.9 Å². The zero-order chi connectivity index (χ0) is 13.1. The molecule has 0 fully saturated rings. The number of nitrogens with two attached hydrogens (primary N) is 1. The Morgan fingerprint density at radius 3 is 2.94 bits per heavy atom. The van der Waals surface area contributed by atoms with Crippen molar-refractivity contribution >= 4 is 23.4 Å². The van der Waals surface area contributed by atoms with Crippen molar-refractivity contribution in [3.63, 3.8) is 0 Å². The summed E-state index contributed by atoms with van der Waals surface area (Å²) >= 11 is 1.53. The Morgan fingerprint density at radius 1 is 1.56 bits per heavy atom. The van der Waals surface area contributed by atoms with E-state index in [0.29, 0.717) is 11.4 Å². The average Bonchev–Trinajstić information content (AvgIpc) is 2.72. The number of nitrogens with zero attached hydrogens (tertiary/aromatic N) is 2. The first-order valence-corrected chi connectivity index (χ1v) is 6.28. The van der Waals surface area contributed by atoms with E-state index in [0.717, 1.165) is 10.5 Å². The third kappa shape index (κ3) is 2.65. The van der Waals surface area contributed by atoms with Crippen molar-refractivity contribution < 1.29 is 9.90 Å². The van der Waals surface area contributed by atoms with Gasteiger partial charge in [-0.1, -0.05) is 12.1 Å². The fourth-order valence-corrected chi connectivity index (χ4v) is 2.55. The number of aromatic nitrogens is 2. The smallest absolute Gasteiger partial charge is 0.338 e. The molecule has 2 rings (SSSR count). The van der Waals surface area contributed by atoms with Gasteiger partial charge in [0, 0.05) is 29.6 Å². The summed E-state index contributed by atoms with van der Waals surface area (Å²) in [7, 11) is 1.84. The maximum absolute atomic E-state index is 11.2. The monoisotopic (exact) mass is 263 g/mol. The number of anilines is 1. The lowest BCUT2D eigenvalue weighted by Gasteiger charge is -2.07. The molecule has 0 spiro atoms. The summed E-state index contributed by atoms with van der Waals surface area (Å²) in [4.78, 5) is 12.1. The van der Waals surface area contributed by atoms with Gasteiger partial charge in [0.15, 0.2) is 0 Å². The van der Waals surface area contributed by atoms with Crippen molar-refractivity contribution in [2.45, 2.75) is 10.6 Å². The molecule has 18 heavy (non-hydrogen) atoms. The fourth-order valence-electron chi connectivity index (χ4n) is 1.64. The van der Waals surface area contributed by atoms with Crippen LogP contribution in [0.4, 0.5) is 5.69 Å². The molecule has 1 heterocycles. The van der Waals surface area contributed by atoms with Gasteiger partial charge < -0.3 is 10.8 Å². The molecular weight excluding hydrogens is 250 g/mol. The molecule has 3 N–H and O–H groups in total. The number of carboxylic acid groups (broad SMARTS) is 1. The lowest BCUT2D eigenvalue weighted by atomic mass is 10.1. The van der Waals surface area contributed by atoms with Gasteiger partial charge >= 0.3 is 5.97 Å². The molecule has 0 bridgehead atoms. The van der Waals surface area contributed by atoms with Crippen LogP contribution in [0, 0.1) is 0 Å². The van der Waals surface area contributed by atoms with Gasteiger partial charge in [0.1, 0.15) is 0 Å². The lowest BCUT2D eigenvalue weighted by Crippen LogP contribution is -2.06. The number of hydrogen-bond acceptors (Lipinski definition) is 4. The SMILES string of the molecule is Cn1cc(SCc2cccc(N)c2C(=O)O)cn1. The molecule has 0 aliphatic rings. The Morgan fingerprint density at radius 2 is 2.33 bits per heavy atom. The van der Waals surface area contributed by atoms with Crippen LogP contribution in [-0.2, 0) is 12.8 Å². The van der Waals surface area contributed by atoms with Gasteiger partial charge in [0.2, 0.25) is 0 Å². The predicted molar refractivity (Wildman–Crippen MR) is 70.6 cm³/mol. The number of thioether (sulfide) groups is 1. The molecule has 0 aliphatic heterocycles. The summed E-state index contributed by atoms with van der Waals surface area (Å²) in [6.07, 6.45) is 3.63. The molecule has 1 aromatic carbocycles. The Labute approximate surface area is 109 Å². The molecule has 0 radical (unpaired) electrons. The van der Waals surface area contributed by atoms with Crippen molar-refractivity contribution in [1.29, 1.82) is 0 Å². The molecule has 0 saturated heterocycles. The van der Waals surface area contributed by atoms with Gasteiger partial charge in [-0.15, -0.1) is 11.8 Å². The van der Waals surface area contributed by atoms with Crippen molar-refractivity contribution in [2.24, 2.45) is 7.05 Å². The zero-order valence-electron chi connectivity index (χ0n) is 9.83. The Bertz CT molecular complexity index is 580. The number of hydrogen-bond donors (Lipinski definition) is 2. The zero-order valence-corrected chi connectivity index (χ0v) is 10.6. The second kappa shape index (κ2) is 5.14. The highest BCUT2D eigenvalue weighted by molar-refractivity contribution is 7.98. The highest BCUT2D eigenvalue weighted by Crippen LogP contribution is 2.26. The van der Waals surface area contributed by atoms with Crippen LogP contribution < -0.4 is 5.73 Å². The maximum Gasteiger partial charge on any atom is 0.338 e. The maximum atomic E-state index is 11.2. The summed E-state index contributed by atoms with van der Waals surface area (Å²) in [5.74, 6) is -0.437. The van der Waals surface area contributed by atoms with Crippen LogP contribution >= 0.6 is 11.8 Å². The van der Waals surface area contributed by atoms with Crippen LogP contribution in [0.25, 0.3) is 0 Å². The largest absolute Gasteiger partial charge is 0.478 e. The summed E-state index contributed by atoms with van der Waals surface area (Å²) in [6, 6.07) is 5.14. The van der Waals surface area contributed by atoms with Crippen molar-refractivity contribution in [3.05, 3.63) is 41.7 Å². The van der Waals surface area contributed by atoms with Crippen LogP contribution in [0.15, 0.2) is 35.5 Å². The summed E-state index contributed by atoms with van der Waals surface area (Å²) in [6.45, 7) is 0. The quantitative estimate of drug-likeness (QED) is 0.651. The highest BCUT2D eigenvalue weighted by atomic mass is 32.2. The van der Waals surface area contributed by atoms with E-state index in [9.17, 15) is 4.79 Å². The normalized spacial score (nSPS) is 10.5. The molecular formula is C12H13N3O2S. The molecule has 0 aliphatic carbocycles. The minimum atomic E-state index is -0.991. The molecule has 94 valence electrons. The predicted octanol–water partition coefficient (Wildman–Crippen LogP) is 1.99. The van der Waals surface area contributed by atoms with Gasteiger partial charge in [-0.3, -0.25) is 4.68 Å². The van der Waals surface area contributed by atoms with Crippen molar-refractivity contribution in [3.8, 4) is 0 Å². The van der Waals surface area contributed by atoms with Crippen LogP contribution in [0.2, 0.25) is 0 Å². The Balaban J connectivity index is 2.19. The number of aromatic carboxylic acids is 1. The van der Waals surface area contributed by atoms with Gasteiger partial charge in [-0.05, 0) is 11.6 Å². The van der Waals surface area contributed by atoms with E-state index in [2.05, 4.69) is 5.10 Å². The van der Waals surface area contributed by atoms with E-state index in [1.807, 2.05) is 13.2 Å². The van der Waals surface area contributed by atoms with Crippen LogP contribution in [0.3, 0.4) is 0 Å². The molecule has 0 atom stereocenters. The molecule has 6 heteroatoms. The Kier molecular flexibility index (Phi) is 3.57. The first-order valence-electron chi connectivity index (χ1n) is 5.30. The van der Waals surface area contributed by atoms with E-state index >= 15 is 0 Å².